The third-order valence-electron chi connectivity index (χ3n) is 3.32. The van der Waals surface area contributed by atoms with Gasteiger partial charge < -0.3 is 15.9 Å². The van der Waals surface area contributed by atoms with E-state index < -0.39 is 18.0 Å². The van der Waals surface area contributed by atoms with Gasteiger partial charge in [0.15, 0.2) is 4.34 Å². The molecule has 0 bridgehead atoms. The van der Waals surface area contributed by atoms with Crippen molar-refractivity contribution in [2.75, 3.05) is 11.5 Å². The van der Waals surface area contributed by atoms with Crippen molar-refractivity contribution in [1.29, 1.82) is 0 Å². The van der Waals surface area contributed by atoms with Crippen LogP contribution in [-0.4, -0.2) is 54.4 Å². The maximum Gasteiger partial charge on any atom is 0.353 e. The van der Waals surface area contributed by atoms with Crippen molar-refractivity contribution >= 4 is 51.9 Å². The molecule has 3 heterocycles. The van der Waals surface area contributed by atoms with E-state index in [1.54, 1.807) is 0 Å². The number of aliphatic hydroxyl groups excluding tert-OH is 1. The van der Waals surface area contributed by atoms with Crippen molar-refractivity contribution in [2.45, 2.75) is 22.7 Å². The normalized spacial score (nSPS) is 25.2. The average molecular weight is 360 g/mol. The zero-order valence-corrected chi connectivity index (χ0v) is 13.7. The molecule has 0 saturated carbocycles. The number of carboxylic acids is 1. The summed E-state index contributed by atoms with van der Waals surface area (Å²) in [5, 5.41) is 26.6. The van der Waals surface area contributed by atoms with E-state index >= 15 is 0 Å². The van der Waals surface area contributed by atoms with Crippen molar-refractivity contribution in [3.63, 3.8) is 0 Å². The number of amides is 1. The van der Waals surface area contributed by atoms with Crippen LogP contribution < -0.4 is 5.73 Å². The number of β-lactam (4-membered cyclic amide) rings is 1. The van der Waals surface area contributed by atoms with E-state index in [9.17, 15) is 19.8 Å². The van der Waals surface area contributed by atoms with Gasteiger partial charge >= 0.3 is 5.97 Å². The molecule has 3 atom stereocenters. The molecule has 1 amide bonds. The molecule has 0 aromatic carbocycles. The predicted octanol–water partition coefficient (Wildman–Crippen LogP) is 0.421. The molecule has 0 aliphatic carbocycles. The minimum absolute atomic E-state index is 0.00175. The first-order valence-corrected chi connectivity index (χ1v) is 8.94. The van der Waals surface area contributed by atoms with Crippen LogP contribution in [0, 0.1) is 5.92 Å². The highest BCUT2D eigenvalue weighted by molar-refractivity contribution is 8.07. The maximum absolute atomic E-state index is 12.0. The highest BCUT2D eigenvalue weighted by Gasteiger charge is 2.57. The number of nitrogen functional groups attached to an aromatic ring is 1. The first-order chi connectivity index (χ1) is 10.4. The number of carboxylic acid groups (broad SMARTS) is 1. The lowest BCUT2D eigenvalue weighted by Gasteiger charge is -2.43. The Morgan fingerprint density at radius 3 is 2.82 bits per heavy atom. The van der Waals surface area contributed by atoms with Crippen LogP contribution in [0.25, 0.3) is 0 Å². The van der Waals surface area contributed by atoms with Crippen molar-refractivity contribution in [1.82, 2.24) is 15.1 Å². The molecule has 0 unspecified atom stereocenters. The summed E-state index contributed by atoms with van der Waals surface area (Å²) in [5.74, 6) is -1.67. The third-order valence-corrected chi connectivity index (χ3v) is 6.79. The summed E-state index contributed by atoms with van der Waals surface area (Å²) in [7, 11) is 0. The van der Waals surface area contributed by atoms with Gasteiger partial charge in [-0.25, -0.2) is 4.79 Å². The summed E-state index contributed by atoms with van der Waals surface area (Å²) in [6.07, 6.45) is -0.800. The van der Waals surface area contributed by atoms with Crippen LogP contribution in [-0.2, 0) is 9.59 Å². The van der Waals surface area contributed by atoms with Crippen LogP contribution >= 0.6 is 34.9 Å². The first-order valence-electron chi connectivity index (χ1n) is 6.26. The van der Waals surface area contributed by atoms with Crippen molar-refractivity contribution in [3.05, 3.63) is 10.6 Å². The second-order valence-corrected chi connectivity index (χ2v) is 8.20. The summed E-state index contributed by atoms with van der Waals surface area (Å²) in [5.41, 5.74) is 5.50. The Balaban J connectivity index is 1.78. The van der Waals surface area contributed by atoms with Crippen LogP contribution in [0.15, 0.2) is 14.9 Å². The van der Waals surface area contributed by atoms with E-state index in [1.165, 1.54) is 46.7 Å². The van der Waals surface area contributed by atoms with Crippen LogP contribution in [0.5, 0.6) is 0 Å². The summed E-state index contributed by atoms with van der Waals surface area (Å²) < 4.78 is 0.642. The number of hydrogen-bond acceptors (Lipinski definition) is 9. The fourth-order valence-electron chi connectivity index (χ4n) is 2.36. The number of fused-ring (bicyclic) bond motifs is 1. The first kappa shape index (κ1) is 15.6. The Kier molecular flexibility index (Phi) is 4.05. The van der Waals surface area contributed by atoms with Gasteiger partial charge in [-0.1, -0.05) is 23.1 Å². The Labute approximate surface area is 137 Å². The number of aromatic nitrogens is 2. The smallest absolute Gasteiger partial charge is 0.353 e. The number of hydrogen-bond donors (Lipinski definition) is 3. The zero-order valence-electron chi connectivity index (χ0n) is 11.3. The fraction of sp³-hybridized carbons (Fsp3) is 0.455. The molecule has 2 aliphatic rings. The second kappa shape index (κ2) is 5.72. The van der Waals surface area contributed by atoms with Crippen LogP contribution in [0.3, 0.4) is 0 Å². The Bertz CT molecular complexity index is 674. The van der Waals surface area contributed by atoms with Crippen molar-refractivity contribution in [2.24, 2.45) is 5.92 Å². The lowest BCUT2D eigenvalue weighted by atomic mass is 9.92. The SMILES string of the molecule is C[C@@H](O)[C@H]1C(=O)N2C(C(=O)O)=C(CSc3nnc(N)s3)S[C@H]12. The number of aliphatic carboxylic acids is 1. The Morgan fingerprint density at radius 2 is 2.27 bits per heavy atom. The van der Waals surface area contributed by atoms with Gasteiger partial charge in [-0.15, -0.1) is 22.0 Å². The Hall–Kier alpha value is -1.30. The molecule has 1 aromatic rings. The minimum Gasteiger partial charge on any atom is -0.477 e. The molecule has 1 saturated heterocycles. The highest BCUT2D eigenvalue weighted by atomic mass is 32.2. The minimum atomic E-state index is -1.14. The summed E-state index contributed by atoms with van der Waals surface area (Å²) >= 11 is 3.86. The molecule has 0 radical (unpaired) electrons. The van der Waals surface area contributed by atoms with Gasteiger partial charge in [0.2, 0.25) is 11.0 Å². The molecule has 11 heteroatoms. The molecule has 22 heavy (non-hydrogen) atoms. The fourth-order valence-corrected chi connectivity index (χ4v) is 5.70. The molecule has 118 valence electrons. The van der Waals surface area contributed by atoms with Gasteiger partial charge in [0.05, 0.1) is 12.0 Å². The van der Waals surface area contributed by atoms with Gasteiger partial charge in [0.25, 0.3) is 0 Å². The van der Waals surface area contributed by atoms with Gasteiger partial charge in [0, 0.05) is 10.7 Å². The quantitative estimate of drug-likeness (QED) is 0.505. The summed E-state index contributed by atoms with van der Waals surface area (Å²) in [6, 6.07) is 0. The zero-order chi connectivity index (χ0) is 16.0. The molecular weight excluding hydrogens is 348 g/mol. The number of rotatable bonds is 5. The number of aliphatic hydroxyl groups is 1. The van der Waals surface area contributed by atoms with E-state index in [2.05, 4.69) is 10.2 Å². The third kappa shape index (κ3) is 2.47. The van der Waals surface area contributed by atoms with Crippen LogP contribution in [0.1, 0.15) is 6.92 Å². The van der Waals surface area contributed by atoms with E-state index in [0.29, 0.717) is 20.1 Å². The lowest BCUT2D eigenvalue weighted by molar-refractivity contribution is -0.156. The summed E-state index contributed by atoms with van der Waals surface area (Å²) in [4.78, 5) is 25.3. The molecule has 8 nitrogen and oxygen atoms in total. The molecule has 3 rings (SSSR count). The van der Waals surface area contributed by atoms with Gasteiger partial charge in [-0.05, 0) is 6.92 Å². The molecule has 0 spiro atoms. The molecular formula is C11H12N4O4S3. The standard InChI is InChI=1S/C11H12N4O4S3/c1-3(16)5-7(17)15-6(9(18)19)4(21-8(5)15)2-20-11-14-13-10(12)22-11/h3,5,8,16H,2H2,1H3,(H2,12,13)(H,18,19)/t3-,5+,8-/m1/s1. The molecule has 1 aromatic heterocycles. The monoisotopic (exact) mass is 360 g/mol. The van der Waals surface area contributed by atoms with E-state index in [4.69, 9.17) is 5.73 Å². The van der Waals surface area contributed by atoms with Crippen LogP contribution in [0.4, 0.5) is 5.13 Å². The number of thioether (sulfide) groups is 2. The topological polar surface area (TPSA) is 130 Å². The number of carbonyl (C=O) groups is 2. The largest absolute Gasteiger partial charge is 0.477 e. The van der Waals surface area contributed by atoms with Crippen LogP contribution in [0.2, 0.25) is 0 Å². The van der Waals surface area contributed by atoms with Gasteiger partial charge in [-0.2, -0.15) is 0 Å². The average Bonchev–Trinajstić information content (AvgIpc) is 2.97. The molecule has 2 aliphatic heterocycles. The highest BCUT2D eigenvalue weighted by Crippen LogP contribution is 2.51. The van der Waals surface area contributed by atoms with Gasteiger partial charge in [-0.3, -0.25) is 9.69 Å². The number of nitrogens with two attached hydrogens (primary N) is 1. The summed E-state index contributed by atoms with van der Waals surface area (Å²) in [6.45, 7) is 1.54. The lowest BCUT2D eigenvalue weighted by Crippen LogP contribution is -2.60. The second-order valence-electron chi connectivity index (χ2n) is 4.75. The van der Waals surface area contributed by atoms with E-state index in [1.807, 2.05) is 0 Å². The van der Waals surface area contributed by atoms with Crippen molar-refractivity contribution in [3.8, 4) is 0 Å². The molecule has 1 fully saturated rings. The van der Waals surface area contributed by atoms with Crippen molar-refractivity contribution < 1.29 is 19.8 Å². The van der Waals surface area contributed by atoms with E-state index in [-0.39, 0.29) is 17.0 Å². The van der Waals surface area contributed by atoms with Gasteiger partial charge in [0.1, 0.15) is 11.1 Å². The number of nitrogens with zero attached hydrogens (tertiary/aromatic N) is 3. The number of carbonyl (C=O) groups excluding carboxylic acids is 1. The maximum atomic E-state index is 12.0. The molecule has 4 N–H and O–H groups in total. The predicted molar refractivity (Wildman–Crippen MR) is 83.1 cm³/mol. The van der Waals surface area contributed by atoms with E-state index in [0.717, 1.165) is 0 Å². The Morgan fingerprint density at radius 1 is 1.55 bits per heavy atom. The number of anilines is 1.